The topological polar surface area (TPSA) is 29.5 Å². The van der Waals surface area contributed by atoms with Gasteiger partial charge in [-0.1, -0.05) is 12.1 Å². The van der Waals surface area contributed by atoms with Gasteiger partial charge in [-0.25, -0.2) is 8.78 Å². The average Bonchev–Trinajstić information content (AvgIpc) is 3.08. The lowest BCUT2D eigenvalue weighted by atomic mass is 10.1. The lowest BCUT2D eigenvalue weighted by Gasteiger charge is -2.25. The Hall–Kier alpha value is -2.43. The Morgan fingerprint density at radius 3 is 2.64 bits per heavy atom. The molecule has 0 radical (unpaired) electrons. The number of hydrogen-bond donors (Lipinski definition) is 0. The fourth-order valence-electron chi connectivity index (χ4n) is 3.10. The predicted octanol–water partition coefficient (Wildman–Crippen LogP) is 4.05. The summed E-state index contributed by atoms with van der Waals surface area (Å²) in [6.07, 6.45) is 3.31. The second-order valence-electron chi connectivity index (χ2n) is 6.43. The quantitative estimate of drug-likeness (QED) is 0.818. The van der Waals surface area contributed by atoms with Gasteiger partial charge in [0.2, 0.25) is 0 Å². The Morgan fingerprint density at radius 1 is 1.12 bits per heavy atom. The van der Waals surface area contributed by atoms with Crippen LogP contribution in [0.15, 0.2) is 36.4 Å². The molecule has 1 atom stereocenters. The molecule has 3 rings (SSSR count). The maximum Gasteiger partial charge on any atom is 0.260 e. The number of amides is 1. The largest absolute Gasteiger partial charge is 0.484 e. The fraction of sp³-hybridized carbons (Fsp3) is 0.350. The molecule has 25 heavy (non-hydrogen) atoms. The highest BCUT2D eigenvalue weighted by molar-refractivity contribution is 5.78. The molecule has 5 heteroatoms. The van der Waals surface area contributed by atoms with Crippen LogP contribution in [0.25, 0.3) is 0 Å². The summed E-state index contributed by atoms with van der Waals surface area (Å²) >= 11 is 0. The standard InChI is InChI=1S/C20H21F2NO2/c1-13(15-7-9-18(21)19(22)11-15)23(2)20(24)12-25-17-8-6-14-4-3-5-16(14)10-17/h6-11,13H,3-5,12H2,1-2H3. The highest BCUT2D eigenvalue weighted by Gasteiger charge is 2.19. The molecular weight excluding hydrogens is 324 g/mol. The number of carbonyl (C=O) groups is 1. The van der Waals surface area contributed by atoms with Crippen molar-refractivity contribution in [2.75, 3.05) is 13.7 Å². The SMILES string of the molecule is CC(c1ccc(F)c(F)c1)N(C)C(=O)COc1ccc2c(c1)CCC2. The summed E-state index contributed by atoms with van der Waals surface area (Å²) in [7, 11) is 1.63. The first kappa shape index (κ1) is 17.4. The molecule has 0 saturated heterocycles. The van der Waals surface area contributed by atoms with Gasteiger partial charge in [0.05, 0.1) is 6.04 Å². The van der Waals surface area contributed by atoms with Gasteiger partial charge in [0, 0.05) is 7.05 Å². The van der Waals surface area contributed by atoms with E-state index in [2.05, 4.69) is 6.07 Å². The van der Waals surface area contributed by atoms with Gasteiger partial charge in [0.25, 0.3) is 5.91 Å². The molecule has 0 aliphatic heterocycles. The van der Waals surface area contributed by atoms with Crippen LogP contribution in [-0.4, -0.2) is 24.5 Å². The number of likely N-dealkylation sites (N-methyl/N-ethyl adjacent to an activating group) is 1. The fourth-order valence-corrected chi connectivity index (χ4v) is 3.10. The molecule has 0 heterocycles. The molecule has 0 fully saturated rings. The van der Waals surface area contributed by atoms with Gasteiger partial charge >= 0.3 is 0 Å². The first-order valence-electron chi connectivity index (χ1n) is 8.41. The molecule has 1 aliphatic rings. The van der Waals surface area contributed by atoms with Crippen LogP contribution in [0.4, 0.5) is 8.78 Å². The molecule has 1 aliphatic carbocycles. The van der Waals surface area contributed by atoms with E-state index in [1.807, 2.05) is 12.1 Å². The van der Waals surface area contributed by atoms with Crippen molar-refractivity contribution in [2.45, 2.75) is 32.2 Å². The number of ether oxygens (including phenoxy) is 1. The minimum Gasteiger partial charge on any atom is -0.484 e. The highest BCUT2D eigenvalue weighted by atomic mass is 19.2. The van der Waals surface area contributed by atoms with Gasteiger partial charge in [-0.15, -0.1) is 0 Å². The van der Waals surface area contributed by atoms with E-state index in [4.69, 9.17) is 4.74 Å². The normalized spacial score (nSPS) is 14.1. The summed E-state index contributed by atoms with van der Waals surface area (Å²) in [6.45, 7) is 1.67. The van der Waals surface area contributed by atoms with E-state index in [-0.39, 0.29) is 18.6 Å². The number of halogens is 2. The number of benzene rings is 2. The Kier molecular flexibility index (Phi) is 5.02. The average molecular weight is 345 g/mol. The van der Waals surface area contributed by atoms with E-state index in [1.165, 1.54) is 22.1 Å². The van der Waals surface area contributed by atoms with E-state index in [0.29, 0.717) is 11.3 Å². The molecule has 1 amide bonds. The second-order valence-corrected chi connectivity index (χ2v) is 6.43. The molecule has 0 spiro atoms. The molecule has 132 valence electrons. The number of carbonyl (C=O) groups excluding carboxylic acids is 1. The molecule has 0 saturated carbocycles. The van der Waals surface area contributed by atoms with Gasteiger partial charge in [-0.3, -0.25) is 4.79 Å². The molecule has 0 N–H and O–H groups in total. The lowest BCUT2D eigenvalue weighted by molar-refractivity contribution is -0.134. The minimum atomic E-state index is -0.917. The Morgan fingerprint density at radius 2 is 1.88 bits per heavy atom. The summed E-state index contributed by atoms with van der Waals surface area (Å²) in [4.78, 5) is 13.8. The predicted molar refractivity (Wildman–Crippen MR) is 91.5 cm³/mol. The lowest BCUT2D eigenvalue weighted by Crippen LogP contribution is -2.33. The smallest absolute Gasteiger partial charge is 0.260 e. The van der Waals surface area contributed by atoms with Crippen LogP contribution in [0.2, 0.25) is 0 Å². The molecule has 2 aromatic carbocycles. The first-order chi connectivity index (χ1) is 12.0. The van der Waals surface area contributed by atoms with Crippen molar-refractivity contribution >= 4 is 5.91 Å². The number of aryl methyl sites for hydroxylation is 2. The molecule has 3 nitrogen and oxygen atoms in total. The van der Waals surface area contributed by atoms with Gasteiger partial charge in [-0.2, -0.15) is 0 Å². The third-order valence-corrected chi connectivity index (χ3v) is 4.83. The van der Waals surface area contributed by atoms with Crippen molar-refractivity contribution in [1.29, 1.82) is 0 Å². The van der Waals surface area contributed by atoms with Crippen LogP contribution in [0, 0.1) is 11.6 Å². The van der Waals surface area contributed by atoms with E-state index in [9.17, 15) is 13.6 Å². The number of hydrogen-bond acceptors (Lipinski definition) is 2. The Balaban J connectivity index is 1.61. The van der Waals surface area contributed by atoms with E-state index >= 15 is 0 Å². The monoisotopic (exact) mass is 345 g/mol. The van der Waals surface area contributed by atoms with Crippen molar-refractivity contribution < 1.29 is 18.3 Å². The molecule has 0 aromatic heterocycles. The van der Waals surface area contributed by atoms with Gasteiger partial charge < -0.3 is 9.64 Å². The van der Waals surface area contributed by atoms with Crippen LogP contribution in [0.3, 0.4) is 0 Å². The van der Waals surface area contributed by atoms with Crippen LogP contribution >= 0.6 is 0 Å². The van der Waals surface area contributed by atoms with Crippen molar-refractivity contribution in [2.24, 2.45) is 0 Å². The summed E-state index contributed by atoms with van der Waals surface area (Å²) in [6, 6.07) is 9.21. The minimum absolute atomic E-state index is 0.0939. The molecule has 1 unspecified atom stereocenters. The van der Waals surface area contributed by atoms with E-state index in [0.717, 1.165) is 31.4 Å². The molecule has 2 aromatic rings. The van der Waals surface area contributed by atoms with Crippen LogP contribution in [0.1, 0.15) is 36.1 Å². The highest BCUT2D eigenvalue weighted by Crippen LogP contribution is 2.26. The third kappa shape index (κ3) is 3.81. The number of rotatable bonds is 5. The maximum absolute atomic E-state index is 13.4. The van der Waals surface area contributed by atoms with Gasteiger partial charge in [0.1, 0.15) is 5.75 Å². The van der Waals surface area contributed by atoms with Gasteiger partial charge in [-0.05, 0) is 67.1 Å². The zero-order valence-corrected chi connectivity index (χ0v) is 14.4. The van der Waals surface area contributed by atoms with Crippen LogP contribution < -0.4 is 4.74 Å². The Bertz CT molecular complexity index is 791. The summed E-state index contributed by atoms with van der Waals surface area (Å²) in [5.41, 5.74) is 3.17. The van der Waals surface area contributed by atoms with E-state index in [1.54, 1.807) is 14.0 Å². The van der Waals surface area contributed by atoms with Crippen molar-refractivity contribution in [3.63, 3.8) is 0 Å². The summed E-state index contributed by atoms with van der Waals surface area (Å²) < 4.78 is 32.0. The maximum atomic E-state index is 13.4. The number of fused-ring (bicyclic) bond motifs is 1. The van der Waals surface area contributed by atoms with E-state index < -0.39 is 11.6 Å². The van der Waals surface area contributed by atoms with Crippen molar-refractivity contribution in [3.05, 3.63) is 64.7 Å². The first-order valence-corrected chi connectivity index (χ1v) is 8.41. The molecule has 0 bridgehead atoms. The van der Waals surface area contributed by atoms with Gasteiger partial charge in [0.15, 0.2) is 18.2 Å². The molecular formula is C20H21F2NO2. The third-order valence-electron chi connectivity index (χ3n) is 4.83. The van der Waals surface area contributed by atoms with Crippen LogP contribution in [0.5, 0.6) is 5.75 Å². The van der Waals surface area contributed by atoms with Crippen molar-refractivity contribution in [3.8, 4) is 5.75 Å². The second kappa shape index (κ2) is 7.21. The summed E-state index contributed by atoms with van der Waals surface area (Å²) in [5.74, 6) is -1.36. The van der Waals surface area contributed by atoms with Crippen molar-refractivity contribution in [1.82, 2.24) is 4.90 Å². The zero-order chi connectivity index (χ0) is 18.0. The zero-order valence-electron chi connectivity index (χ0n) is 14.4. The van der Waals surface area contributed by atoms with Crippen LogP contribution in [-0.2, 0) is 17.6 Å². The number of nitrogens with zero attached hydrogens (tertiary/aromatic N) is 1. The summed E-state index contributed by atoms with van der Waals surface area (Å²) in [5, 5.41) is 0. The Labute approximate surface area is 146 Å².